The summed E-state index contributed by atoms with van der Waals surface area (Å²) < 4.78 is 28.1. The first-order valence-corrected chi connectivity index (χ1v) is 12.2. The van der Waals surface area contributed by atoms with Crippen LogP contribution in [0.3, 0.4) is 0 Å². The summed E-state index contributed by atoms with van der Waals surface area (Å²) in [6, 6.07) is 29.2. The number of hydrogen-bond donors (Lipinski definition) is 0. The van der Waals surface area contributed by atoms with Crippen LogP contribution < -0.4 is 4.74 Å². The molecule has 0 atom stereocenters. The smallest absolute Gasteiger partial charge is 0.135 e. The molecular weight excluding hydrogens is 464 g/mol. The molecular formula is C32H34O5. The average Bonchev–Trinajstić information content (AvgIpc) is 2.91. The molecule has 0 aliphatic carbocycles. The zero-order valence-corrected chi connectivity index (χ0v) is 22.0. The Balaban J connectivity index is 1.77. The Kier molecular flexibility index (Phi) is 9.46. The molecule has 5 heteroatoms. The highest BCUT2D eigenvalue weighted by atomic mass is 16.5. The van der Waals surface area contributed by atoms with Crippen molar-refractivity contribution in [2.75, 3.05) is 28.4 Å². The monoisotopic (exact) mass is 498 g/mol. The van der Waals surface area contributed by atoms with Crippen LogP contribution in [0.5, 0.6) is 11.5 Å². The van der Waals surface area contributed by atoms with Gasteiger partial charge in [0.15, 0.2) is 0 Å². The van der Waals surface area contributed by atoms with Crippen molar-refractivity contribution in [2.24, 2.45) is 0 Å². The summed E-state index contributed by atoms with van der Waals surface area (Å²) in [7, 11) is 6.80. The molecule has 192 valence electrons. The van der Waals surface area contributed by atoms with Crippen LogP contribution in [0.4, 0.5) is 0 Å². The summed E-state index contributed by atoms with van der Waals surface area (Å²) in [5.74, 6) is 1.53. The highest BCUT2D eigenvalue weighted by molar-refractivity contribution is 5.75. The Morgan fingerprint density at radius 2 is 0.730 bits per heavy atom. The van der Waals surface area contributed by atoms with E-state index in [-0.39, 0.29) is 0 Å². The lowest BCUT2D eigenvalue weighted by molar-refractivity contribution is 0.184. The lowest BCUT2D eigenvalue weighted by Gasteiger charge is -2.17. The molecule has 0 N–H and O–H groups in total. The van der Waals surface area contributed by atoms with Crippen molar-refractivity contribution in [3.63, 3.8) is 0 Å². The molecule has 0 amide bonds. The van der Waals surface area contributed by atoms with Crippen molar-refractivity contribution in [1.29, 1.82) is 0 Å². The van der Waals surface area contributed by atoms with Gasteiger partial charge in [0.25, 0.3) is 0 Å². The van der Waals surface area contributed by atoms with Crippen LogP contribution in [-0.4, -0.2) is 28.4 Å². The third kappa shape index (κ3) is 6.85. The third-order valence-corrected chi connectivity index (χ3v) is 6.09. The molecule has 4 aromatic rings. The van der Waals surface area contributed by atoms with Gasteiger partial charge in [-0.05, 0) is 45.5 Å². The van der Waals surface area contributed by atoms with E-state index in [1.807, 2.05) is 0 Å². The van der Waals surface area contributed by atoms with Crippen LogP contribution in [0.1, 0.15) is 22.3 Å². The second-order valence-corrected chi connectivity index (χ2v) is 8.89. The minimum absolute atomic E-state index is 0.501. The van der Waals surface area contributed by atoms with E-state index < -0.39 is 0 Å². The molecule has 0 fully saturated rings. The number of methoxy groups -OCH3 is 4. The molecule has 0 unspecified atom stereocenters. The van der Waals surface area contributed by atoms with E-state index in [1.54, 1.807) is 28.4 Å². The topological polar surface area (TPSA) is 46.2 Å². The maximum absolute atomic E-state index is 6.72. The Bertz CT molecular complexity index is 1180. The molecule has 0 heterocycles. The minimum atomic E-state index is 0.501. The fourth-order valence-electron chi connectivity index (χ4n) is 4.31. The van der Waals surface area contributed by atoms with Crippen LogP contribution in [0.25, 0.3) is 22.3 Å². The Morgan fingerprint density at radius 1 is 0.405 bits per heavy atom. The number of rotatable bonds is 12. The molecule has 0 bridgehead atoms. The van der Waals surface area contributed by atoms with Gasteiger partial charge < -0.3 is 23.7 Å². The van der Waals surface area contributed by atoms with E-state index in [9.17, 15) is 0 Å². The first kappa shape index (κ1) is 26.6. The fourth-order valence-corrected chi connectivity index (χ4v) is 4.31. The van der Waals surface area contributed by atoms with E-state index in [1.165, 1.54) is 0 Å². The minimum Gasteiger partial charge on any atom is -0.456 e. The number of hydrogen-bond acceptors (Lipinski definition) is 5. The summed E-state index contributed by atoms with van der Waals surface area (Å²) >= 11 is 0. The van der Waals surface area contributed by atoms with E-state index >= 15 is 0 Å². The van der Waals surface area contributed by atoms with Crippen molar-refractivity contribution >= 4 is 0 Å². The van der Waals surface area contributed by atoms with E-state index in [4.69, 9.17) is 23.7 Å². The standard InChI is InChI=1S/C32H34O5/c1-33-19-23-5-11-27(12-6-23)29-15-9-25(21-35-3)17-31(29)37-32-18-26(22-36-4)10-16-30(32)28-13-7-24(8-14-28)20-34-2/h5-18H,19-22H2,1-4H3. The first-order chi connectivity index (χ1) is 18.1. The van der Waals surface area contributed by atoms with Crippen LogP contribution in [0, 0.1) is 0 Å². The van der Waals surface area contributed by atoms with Crippen molar-refractivity contribution < 1.29 is 23.7 Å². The van der Waals surface area contributed by atoms with Crippen molar-refractivity contribution in [2.45, 2.75) is 26.4 Å². The first-order valence-electron chi connectivity index (χ1n) is 12.2. The van der Waals surface area contributed by atoms with Crippen LogP contribution in [0.15, 0.2) is 84.9 Å². The maximum Gasteiger partial charge on any atom is 0.135 e. The molecule has 0 spiro atoms. The van der Waals surface area contributed by atoms with Gasteiger partial charge >= 0.3 is 0 Å². The molecule has 4 rings (SSSR count). The molecule has 0 aliphatic heterocycles. The van der Waals surface area contributed by atoms with Crippen molar-refractivity contribution in [3.05, 3.63) is 107 Å². The molecule has 0 radical (unpaired) electrons. The van der Waals surface area contributed by atoms with E-state index in [0.29, 0.717) is 26.4 Å². The normalized spacial score (nSPS) is 11.0. The summed E-state index contributed by atoms with van der Waals surface area (Å²) in [4.78, 5) is 0. The lowest BCUT2D eigenvalue weighted by atomic mass is 10.00. The summed E-state index contributed by atoms with van der Waals surface area (Å²) in [5.41, 5.74) is 8.46. The predicted molar refractivity (Wildman–Crippen MR) is 147 cm³/mol. The molecule has 4 aromatic carbocycles. The fraction of sp³-hybridized carbons (Fsp3) is 0.250. The maximum atomic E-state index is 6.72. The third-order valence-electron chi connectivity index (χ3n) is 6.09. The Hall–Kier alpha value is -3.48. The van der Waals surface area contributed by atoms with Crippen molar-refractivity contribution in [1.82, 2.24) is 0 Å². The second kappa shape index (κ2) is 13.2. The van der Waals surface area contributed by atoms with Gasteiger partial charge in [-0.1, -0.05) is 72.8 Å². The van der Waals surface area contributed by atoms with Gasteiger partial charge in [0.1, 0.15) is 11.5 Å². The Morgan fingerprint density at radius 3 is 1.08 bits per heavy atom. The quantitative estimate of drug-likeness (QED) is 0.204. The highest BCUT2D eigenvalue weighted by Gasteiger charge is 2.14. The van der Waals surface area contributed by atoms with Crippen LogP contribution in [-0.2, 0) is 45.4 Å². The average molecular weight is 499 g/mol. The van der Waals surface area contributed by atoms with Gasteiger partial charge in [0.05, 0.1) is 26.4 Å². The van der Waals surface area contributed by atoms with Gasteiger partial charge in [-0.15, -0.1) is 0 Å². The molecule has 0 aromatic heterocycles. The molecule has 5 nitrogen and oxygen atoms in total. The van der Waals surface area contributed by atoms with Crippen molar-refractivity contribution in [3.8, 4) is 33.8 Å². The SMILES string of the molecule is COCc1ccc(-c2ccc(COC)cc2Oc2cc(COC)ccc2-c2ccc(COC)cc2)cc1. The summed E-state index contributed by atoms with van der Waals surface area (Å²) in [6.45, 7) is 2.16. The summed E-state index contributed by atoms with van der Waals surface area (Å²) in [6.07, 6.45) is 0. The van der Waals surface area contributed by atoms with Gasteiger partial charge in [0.2, 0.25) is 0 Å². The molecule has 0 saturated heterocycles. The summed E-state index contributed by atoms with van der Waals surface area (Å²) in [5, 5.41) is 0. The van der Waals surface area contributed by atoms with E-state index in [2.05, 4.69) is 84.9 Å². The number of benzene rings is 4. The second-order valence-electron chi connectivity index (χ2n) is 8.89. The van der Waals surface area contributed by atoms with E-state index in [0.717, 1.165) is 56.0 Å². The van der Waals surface area contributed by atoms with Gasteiger partial charge in [-0.25, -0.2) is 0 Å². The lowest BCUT2D eigenvalue weighted by Crippen LogP contribution is -1.97. The molecule has 0 saturated carbocycles. The molecule has 0 aliphatic rings. The van der Waals surface area contributed by atoms with Gasteiger partial charge in [-0.2, -0.15) is 0 Å². The van der Waals surface area contributed by atoms with Crippen LogP contribution >= 0.6 is 0 Å². The largest absolute Gasteiger partial charge is 0.456 e. The highest BCUT2D eigenvalue weighted by Crippen LogP contribution is 2.39. The zero-order chi connectivity index (χ0) is 26.0. The van der Waals surface area contributed by atoms with Gasteiger partial charge in [0, 0.05) is 39.6 Å². The Labute approximate surface area is 219 Å². The zero-order valence-electron chi connectivity index (χ0n) is 22.0. The number of ether oxygens (including phenoxy) is 5. The predicted octanol–water partition coefficient (Wildman–Crippen LogP) is 7.40. The van der Waals surface area contributed by atoms with Crippen LogP contribution in [0.2, 0.25) is 0 Å². The molecule has 37 heavy (non-hydrogen) atoms. The van der Waals surface area contributed by atoms with Gasteiger partial charge in [-0.3, -0.25) is 0 Å².